The van der Waals surface area contributed by atoms with E-state index in [0.717, 1.165) is 24.7 Å². The van der Waals surface area contributed by atoms with Crippen LogP contribution in [0.1, 0.15) is 24.5 Å². The van der Waals surface area contributed by atoms with Gasteiger partial charge in [0.05, 0.1) is 0 Å². The number of nitrogens with zero attached hydrogens (tertiary/aromatic N) is 2. The Morgan fingerprint density at radius 1 is 0.864 bits per heavy atom. The Kier molecular flexibility index (Phi) is 4.69. The van der Waals surface area contributed by atoms with Crippen molar-refractivity contribution in [1.82, 2.24) is 9.80 Å². The second-order valence-electron chi connectivity index (χ2n) is 5.61. The Morgan fingerprint density at radius 2 is 1.41 bits per heavy atom. The highest BCUT2D eigenvalue weighted by Crippen LogP contribution is 2.30. The molecule has 3 heteroatoms. The zero-order valence-electron chi connectivity index (χ0n) is 12.8. The molecule has 3 rings (SSSR count). The Labute approximate surface area is 137 Å². The smallest absolute Gasteiger partial charge is 0.122 e. The van der Waals surface area contributed by atoms with Crippen molar-refractivity contribution in [2.24, 2.45) is 0 Å². The van der Waals surface area contributed by atoms with Gasteiger partial charge in [0.15, 0.2) is 0 Å². The first kappa shape index (κ1) is 15.0. The molecule has 2 aromatic rings. The maximum atomic E-state index is 6.51. The second-order valence-corrected chi connectivity index (χ2v) is 6.00. The summed E-state index contributed by atoms with van der Waals surface area (Å²) in [6.45, 7) is 3.95. The van der Waals surface area contributed by atoms with Crippen molar-refractivity contribution in [1.29, 1.82) is 0 Å². The minimum Gasteiger partial charge on any atom is -0.350 e. The summed E-state index contributed by atoms with van der Waals surface area (Å²) in [5.74, 6) is 0. The zero-order chi connectivity index (χ0) is 15.4. The third-order valence-corrected chi connectivity index (χ3v) is 4.37. The quantitative estimate of drug-likeness (QED) is 0.733. The van der Waals surface area contributed by atoms with E-state index < -0.39 is 0 Å². The molecular formula is C19H21ClN2. The van der Waals surface area contributed by atoms with Crippen molar-refractivity contribution < 1.29 is 0 Å². The standard InChI is InChI=1S/C19H21ClN2/c1-2-19-21(13-16-9-5-3-6-10-16)15-18(20)22(19)14-17-11-7-4-8-12-17/h3-12,15,19H,2,13-14H2,1H3. The van der Waals surface area contributed by atoms with Crippen molar-refractivity contribution in [3.63, 3.8) is 0 Å². The van der Waals surface area contributed by atoms with E-state index in [0.29, 0.717) is 6.17 Å². The second kappa shape index (κ2) is 6.89. The molecule has 0 aliphatic carbocycles. The van der Waals surface area contributed by atoms with E-state index in [-0.39, 0.29) is 0 Å². The molecule has 0 aromatic heterocycles. The topological polar surface area (TPSA) is 6.48 Å². The normalized spacial score (nSPS) is 17.7. The molecule has 2 aromatic carbocycles. The fraction of sp³-hybridized carbons (Fsp3) is 0.263. The summed E-state index contributed by atoms with van der Waals surface area (Å²) < 4.78 is 0. The van der Waals surface area contributed by atoms with Crippen LogP contribution in [0.15, 0.2) is 72.0 Å². The van der Waals surface area contributed by atoms with Crippen LogP contribution in [-0.2, 0) is 13.1 Å². The molecule has 0 N–H and O–H groups in total. The maximum absolute atomic E-state index is 6.51. The fourth-order valence-corrected chi connectivity index (χ4v) is 3.28. The van der Waals surface area contributed by atoms with Gasteiger partial charge in [-0.2, -0.15) is 0 Å². The molecule has 1 heterocycles. The first-order valence-corrected chi connectivity index (χ1v) is 8.13. The van der Waals surface area contributed by atoms with Crippen LogP contribution < -0.4 is 0 Å². The minimum absolute atomic E-state index is 0.313. The molecule has 0 spiro atoms. The van der Waals surface area contributed by atoms with E-state index in [1.165, 1.54) is 11.1 Å². The lowest BCUT2D eigenvalue weighted by Crippen LogP contribution is -2.38. The van der Waals surface area contributed by atoms with Crippen LogP contribution in [-0.4, -0.2) is 16.0 Å². The molecule has 1 aliphatic heterocycles. The molecule has 1 atom stereocenters. The summed E-state index contributed by atoms with van der Waals surface area (Å²) >= 11 is 6.51. The van der Waals surface area contributed by atoms with E-state index in [1.54, 1.807) is 0 Å². The van der Waals surface area contributed by atoms with Crippen LogP contribution in [0.3, 0.4) is 0 Å². The zero-order valence-corrected chi connectivity index (χ0v) is 13.6. The van der Waals surface area contributed by atoms with Crippen LogP contribution in [0, 0.1) is 0 Å². The van der Waals surface area contributed by atoms with Crippen molar-refractivity contribution in [2.45, 2.75) is 32.6 Å². The predicted octanol–water partition coefficient (Wildman–Crippen LogP) is 4.78. The largest absolute Gasteiger partial charge is 0.350 e. The van der Waals surface area contributed by atoms with Crippen LogP contribution in [0.4, 0.5) is 0 Å². The number of halogens is 1. The van der Waals surface area contributed by atoms with E-state index >= 15 is 0 Å². The van der Waals surface area contributed by atoms with Gasteiger partial charge in [-0.3, -0.25) is 0 Å². The monoisotopic (exact) mass is 312 g/mol. The van der Waals surface area contributed by atoms with Gasteiger partial charge in [-0.1, -0.05) is 79.2 Å². The van der Waals surface area contributed by atoms with Gasteiger partial charge in [-0.05, 0) is 17.5 Å². The Hall–Kier alpha value is -1.93. The molecule has 1 aliphatic rings. The van der Waals surface area contributed by atoms with Crippen LogP contribution in [0.2, 0.25) is 0 Å². The summed E-state index contributed by atoms with van der Waals surface area (Å²) in [4.78, 5) is 4.61. The third-order valence-electron chi connectivity index (χ3n) is 4.06. The molecule has 22 heavy (non-hydrogen) atoms. The third kappa shape index (κ3) is 3.28. The first-order chi connectivity index (χ1) is 10.8. The van der Waals surface area contributed by atoms with Crippen molar-refractivity contribution in [2.75, 3.05) is 0 Å². The van der Waals surface area contributed by atoms with Crippen molar-refractivity contribution in [3.8, 4) is 0 Å². The van der Waals surface area contributed by atoms with Gasteiger partial charge in [-0.25, -0.2) is 0 Å². The van der Waals surface area contributed by atoms with E-state index in [9.17, 15) is 0 Å². The number of benzene rings is 2. The fourth-order valence-electron chi connectivity index (χ4n) is 2.98. The molecule has 0 bridgehead atoms. The number of hydrogen-bond acceptors (Lipinski definition) is 2. The first-order valence-electron chi connectivity index (χ1n) is 7.75. The van der Waals surface area contributed by atoms with Crippen LogP contribution >= 0.6 is 11.6 Å². The summed E-state index contributed by atoms with van der Waals surface area (Å²) in [7, 11) is 0. The van der Waals surface area contributed by atoms with Gasteiger partial charge in [0.25, 0.3) is 0 Å². The highest BCUT2D eigenvalue weighted by molar-refractivity contribution is 6.29. The lowest BCUT2D eigenvalue weighted by molar-refractivity contribution is 0.134. The van der Waals surface area contributed by atoms with Gasteiger partial charge in [0, 0.05) is 19.3 Å². The Balaban J connectivity index is 1.74. The molecular weight excluding hydrogens is 292 g/mol. The number of hydrogen-bond donors (Lipinski definition) is 0. The van der Waals surface area contributed by atoms with Gasteiger partial charge in [0.2, 0.25) is 0 Å². The summed E-state index contributed by atoms with van der Waals surface area (Å²) in [5.41, 5.74) is 2.59. The van der Waals surface area contributed by atoms with Gasteiger partial charge in [-0.15, -0.1) is 0 Å². The molecule has 2 nitrogen and oxygen atoms in total. The van der Waals surface area contributed by atoms with Gasteiger partial charge in [0.1, 0.15) is 11.3 Å². The molecule has 114 valence electrons. The summed E-state index contributed by atoms with van der Waals surface area (Å²) in [6.07, 6.45) is 3.42. The van der Waals surface area contributed by atoms with Gasteiger partial charge < -0.3 is 9.80 Å². The average molecular weight is 313 g/mol. The molecule has 0 amide bonds. The van der Waals surface area contributed by atoms with E-state index in [4.69, 9.17) is 11.6 Å². The molecule has 0 fully saturated rings. The Bertz CT molecular complexity index is 624. The molecule has 1 unspecified atom stereocenters. The molecule has 0 radical (unpaired) electrons. The minimum atomic E-state index is 0.313. The van der Waals surface area contributed by atoms with Crippen molar-refractivity contribution >= 4 is 11.6 Å². The predicted molar refractivity (Wildman–Crippen MR) is 92.0 cm³/mol. The lowest BCUT2D eigenvalue weighted by atomic mass is 10.2. The Morgan fingerprint density at radius 3 is 1.95 bits per heavy atom. The molecule has 0 saturated carbocycles. The summed E-state index contributed by atoms with van der Waals surface area (Å²) in [5, 5.41) is 0.826. The SMILES string of the molecule is CCC1N(Cc2ccccc2)C=C(Cl)N1Cc1ccccc1. The highest BCUT2D eigenvalue weighted by Gasteiger charge is 2.29. The molecule has 0 saturated heterocycles. The lowest BCUT2D eigenvalue weighted by Gasteiger charge is -2.32. The number of rotatable bonds is 5. The average Bonchev–Trinajstić information content (AvgIpc) is 2.84. The van der Waals surface area contributed by atoms with E-state index in [1.807, 2.05) is 6.07 Å². The van der Waals surface area contributed by atoms with Crippen molar-refractivity contribution in [3.05, 3.63) is 83.1 Å². The van der Waals surface area contributed by atoms with Crippen LogP contribution in [0.5, 0.6) is 0 Å². The van der Waals surface area contributed by atoms with Gasteiger partial charge >= 0.3 is 0 Å². The van der Waals surface area contributed by atoms with E-state index in [2.05, 4.69) is 77.5 Å². The maximum Gasteiger partial charge on any atom is 0.122 e. The van der Waals surface area contributed by atoms with Crippen LogP contribution in [0.25, 0.3) is 0 Å². The summed E-state index contributed by atoms with van der Waals surface area (Å²) in [6, 6.07) is 21.0. The highest BCUT2D eigenvalue weighted by atomic mass is 35.5.